The van der Waals surface area contributed by atoms with Crippen LogP contribution in [-0.2, 0) is 4.74 Å². The molecule has 2 saturated heterocycles. The Labute approximate surface area is 128 Å². The summed E-state index contributed by atoms with van der Waals surface area (Å²) >= 11 is 0. The van der Waals surface area contributed by atoms with E-state index in [0.29, 0.717) is 12.8 Å². The Morgan fingerprint density at radius 1 is 1.10 bits per heavy atom. The monoisotopic (exact) mass is 297 g/mol. The summed E-state index contributed by atoms with van der Waals surface area (Å²) in [6.45, 7) is 12.0. The van der Waals surface area contributed by atoms with Crippen LogP contribution in [0.3, 0.4) is 0 Å². The van der Waals surface area contributed by atoms with Crippen LogP contribution in [0, 0.1) is 5.41 Å². The van der Waals surface area contributed by atoms with Crippen LogP contribution < -0.4 is 0 Å². The van der Waals surface area contributed by atoms with Crippen LogP contribution in [0.2, 0.25) is 0 Å². The minimum Gasteiger partial charge on any atom is -0.444 e. The maximum absolute atomic E-state index is 12.5. The molecule has 4 heteroatoms. The Bertz CT molecular complexity index is 391. The van der Waals surface area contributed by atoms with Gasteiger partial charge in [-0.15, -0.1) is 0 Å². The van der Waals surface area contributed by atoms with E-state index < -0.39 is 11.2 Å². The van der Waals surface area contributed by atoms with Crippen molar-refractivity contribution in [2.45, 2.75) is 96.9 Å². The molecule has 4 nitrogen and oxygen atoms in total. The van der Waals surface area contributed by atoms with E-state index in [-0.39, 0.29) is 23.6 Å². The summed E-state index contributed by atoms with van der Waals surface area (Å²) in [5.74, 6) is 0. The van der Waals surface area contributed by atoms with Gasteiger partial charge in [0.25, 0.3) is 0 Å². The first-order valence-electron chi connectivity index (χ1n) is 8.17. The fourth-order valence-corrected chi connectivity index (χ4v) is 3.65. The van der Waals surface area contributed by atoms with Crippen LogP contribution in [0.15, 0.2) is 0 Å². The Kier molecular flexibility index (Phi) is 4.07. The fourth-order valence-electron chi connectivity index (χ4n) is 3.65. The molecule has 1 amide bonds. The molecule has 2 unspecified atom stereocenters. The summed E-state index contributed by atoms with van der Waals surface area (Å²) in [7, 11) is 0. The lowest BCUT2D eigenvalue weighted by molar-refractivity contribution is -0.142. The highest BCUT2D eigenvalue weighted by Crippen LogP contribution is 2.47. The standard InChI is InChI=1S/C17H31NO3/c1-15(2,3)17(20)10-12-8-7-9-13(11-17)18(12)14(19)21-16(4,5)6/h12-13,20H,7-11H2,1-6H3. The summed E-state index contributed by atoms with van der Waals surface area (Å²) in [4.78, 5) is 14.4. The third kappa shape index (κ3) is 3.36. The van der Waals surface area contributed by atoms with Gasteiger partial charge < -0.3 is 14.7 Å². The van der Waals surface area contributed by atoms with Gasteiger partial charge in [-0.1, -0.05) is 20.8 Å². The molecule has 0 aromatic heterocycles. The molecule has 2 heterocycles. The summed E-state index contributed by atoms with van der Waals surface area (Å²) in [6.07, 6.45) is 4.17. The third-order valence-electron chi connectivity index (χ3n) is 5.01. The van der Waals surface area contributed by atoms with Crippen molar-refractivity contribution in [2.24, 2.45) is 5.41 Å². The number of piperidine rings is 2. The van der Waals surface area contributed by atoms with Gasteiger partial charge in [0.2, 0.25) is 0 Å². The third-order valence-corrected chi connectivity index (χ3v) is 5.01. The van der Waals surface area contributed by atoms with Gasteiger partial charge in [0.15, 0.2) is 0 Å². The first-order chi connectivity index (χ1) is 9.43. The quantitative estimate of drug-likeness (QED) is 0.741. The Morgan fingerprint density at radius 2 is 1.57 bits per heavy atom. The van der Waals surface area contributed by atoms with Crippen molar-refractivity contribution < 1.29 is 14.6 Å². The van der Waals surface area contributed by atoms with Gasteiger partial charge in [0, 0.05) is 12.1 Å². The summed E-state index contributed by atoms with van der Waals surface area (Å²) in [6, 6.07) is 0.216. The lowest BCUT2D eigenvalue weighted by Crippen LogP contribution is -2.63. The Morgan fingerprint density at radius 3 is 1.95 bits per heavy atom. The second-order valence-electron chi connectivity index (χ2n) is 8.82. The molecule has 2 rings (SSSR count). The molecule has 0 aromatic carbocycles. The second-order valence-corrected chi connectivity index (χ2v) is 8.82. The van der Waals surface area contributed by atoms with Crippen LogP contribution in [-0.4, -0.2) is 39.4 Å². The van der Waals surface area contributed by atoms with Crippen molar-refractivity contribution in [3.8, 4) is 0 Å². The zero-order valence-corrected chi connectivity index (χ0v) is 14.4. The van der Waals surface area contributed by atoms with Gasteiger partial charge in [-0.05, 0) is 58.3 Å². The molecule has 0 radical (unpaired) electrons. The molecule has 2 bridgehead atoms. The van der Waals surface area contributed by atoms with E-state index in [1.54, 1.807) is 0 Å². The Hall–Kier alpha value is -0.770. The first kappa shape index (κ1) is 16.6. The molecule has 2 aliphatic heterocycles. The van der Waals surface area contributed by atoms with E-state index in [1.165, 1.54) is 0 Å². The van der Waals surface area contributed by atoms with E-state index in [4.69, 9.17) is 4.74 Å². The van der Waals surface area contributed by atoms with Gasteiger partial charge in [-0.2, -0.15) is 0 Å². The molecule has 0 saturated carbocycles. The summed E-state index contributed by atoms with van der Waals surface area (Å²) in [5.41, 5.74) is -1.33. The van der Waals surface area contributed by atoms with Crippen molar-refractivity contribution in [3.05, 3.63) is 0 Å². The topological polar surface area (TPSA) is 49.8 Å². The van der Waals surface area contributed by atoms with Crippen LogP contribution in [0.25, 0.3) is 0 Å². The van der Waals surface area contributed by atoms with Gasteiger partial charge in [0.1, 0.15) is 5.60 Å². The van der Waals surface area contributed by atoms with Gasteiger partial charge in [0.05, 0.1) is 5.60 Å². The molecule has 0 aromatic rings. The number of carbonyl (C=O) groups is 1. The number of carbonyl (C=O) groups excluding carboxylic acids is 1. The van der Waals surface area contributed by atoms with Crippen molar-refractivity contribution >= 4 is 6.09 Å². The number of nitrogens with zero attached hydrogens (tertiary/aromatic N) is 1. The van der Waals surface area contributed by atoms with E-state index in [9.17, 15) is 9.90 Å². The second kappa shape index (κ2) is 5.15. The fraction of sp³-hybridized carbons (Fsp3) is 0.941. The highest BCUT2D eigenvalue weighted by atomic mass is 16.6. The van der Waals surface area contributed by atoms with E-state index in [1.807, 2.05) is 25.7 Å². The molecule has 0 aliphatic carbocycles. The van der Waals surface area contributed by atoms with Crippen LogP contribution in [0.1, 0.15) is 73.6 Å². The lowest BCUT2D eigenvalue weighted by Gasteiger charge is -2.55. The van der Waals surface area contributed by atoms with Crippen LogP contribution in [0.4, 0.5) is 4.79 Å². The van der Waals surface area contributed by atoms with Gasteiger partial charge in [-0.3, -0.25) is 0 Å². The van der Waals surface area contributed by atoms with Crippen LogP contribution >= 0.6 is 0 Å². The number of aliphatic hydroxyl groups is 1. The first-order valence-corrected chi connectivity index (χ1v) is 8.17. The zero-order chi connectivity index (χ0) is 16.1. The molecule has 2 fully saturated rings. The number of hydrogen-bond donors (Lipinski definition) is 1. The minimum absolute atomic E-state index is 0.108. The summed E-state index contributed by atoms with van der Waals surface area (Å²) < 4.78 is 5.57. The molecular weight excluding hydrogens is 266 g/mol. The molecule has 1 N–H and O–H groups in total. The summed E-state index contributed by atoms with van der Waals surface area (Å²) in [5, 5.41) is 11.1. The smallest absolute Gasteiger partial charge is 0.410 e. The predicted molar refractivity (Wildman–Crippen MR) is 83.1 cm³/mol. The molecule has 122 valence electrons. The number of fused-ring (bicyclic) bond motifs is 2. The SMILES string of the molecule is CC(C)(C)OC(=O)N1C2CCCC1CC(O)(C(C)(C)C)C2. The number of amides is 1. The molecular formula is C17H31NO3. The van der Waals surface area contributed by atoms with Crippen molar-refractivity contribution in [2.75, 3.05) is 0 Å². The Balaban J connectivity index is 2.19. The van der Waals surface area contributed by atoms with Crippen molar-refractivity contribution in [3.63, 3.8) is 0 Å². The number of rotatable bonds is 0. The molecule has 2 aliphatic rings. The van der Waals surface area contributed by atoms with Gasteiger partial charge in [-0.25, -0.2) is 4.79 Å². The maximum atomic E-state index is 12.5. The minimum atomic E-state index is -0.693. The van der Waals surface area contributed by atoms with Crippen molar-refractivity contribution in [1.29, 1.82) is 0 Å². The predicted octanol–water partition coefficient (Wildman–Crippen LogP) is 3.72. The zero-order valence-electron chi connectivity index (χ0n) is 14.4. The van der Waals surface area contributed by atoms with E-state index >= 15 is 0 Å². The lowest BCUT2D eigenvalue weighted by atomic mass is 9.64. The van der Waals surface area contributed by atoms with Gasteiger partial charge >= 0.3 is 6.09 Å². The van der Waals surface area contributed by atoms with E-state index in [0.717, 1.165) is 19.3 Å². The normalized spacial score (nSPS) is 33.8. The van der Waals surface area contributed by atoms with Crippen LogP contribution in [0.5, 0.6) is 0 Å². The average Bonchev–Trinajstić information content (AvgIpc) is 2.23. The largest absolute Gasteiger partial charge is 0.444 e. The highest BCUT2D eigenvalue weighted by molar-refractivity contribution is 5.69. The molecule has 21 heavy (non-hydrogen) atoms. The van der Waals surface area contributed by atoms with E-state index in [2.05, 4.69) is 20.8 Å². The number of ether oxygens (including phenoxy) is 1. The molecule has 2 atom stereocenters. The number of hydrogen-bond acceptors (Lipinski definition) is 3. The maximum Gasteiger partial charge on any atom is 0.410 e. The van der Waals surface area contributed by atoms with Crippen molar-refractivity contribution in [1.82, 2.24) is 4.90 Å². The molecule has 0 spiro atoms. The average molecular weight is 297 g/mol. The highest BCUT2D eigenvalue weighted by Gasteiger charge is 2.52.